The Morgan fingerprint density at radius 1 is 1.33 bits per heavy atom. The number of sulfonamides is 1. The Balaban J connectivity index is 2.50. The number of aromatic amines is 1. The van der Waals surface area contributed by atoms with Crippen molar-refractivity contribution in [2.75, 3.05) is 7.11 Å². The van der Waals surface area contributed by atoms with Crippen molar-refractivity contribution < 1.29 is 23.1 Å². The number of nitrogens with one attached hydrogen (secondary N) is 2. The number of aromatic nitrogens is 2. The quantitative estimate of drug-likeness (QED) is 0.722. The number of nitrogens with zero attached hydrogens (tertiary/aromatic N) is 1. The van der Waals surface area contributed by atoms with Gasteiger partial charge in [0.2, 0.25) is 10.0 Å². The molecule has 3 N–H and O–H groups in total. The average molecular weight is 353 g/mol. The van der Waals surface area contributed by atoms with Crippen LogP contribution in [0.5, 0.6) is 5.75 Å². The van der Waals surface area contributed by atoms with E-state index in [-0.39, 0.29) is 16.2 Å². The summed E-state index contributed by atoms with van der Waals surface area (Å²) in [5.41, 5.74) is 1.90. The largest absolute Gasteiger partial charge is 0.495 e. The minimum absolute atomic E-state index is 0.116. The van der Waals surface area contributed by atoms with Crippen LogP contribution in [-0.4, -0.2) is 36.8 Å². The average Bonchev–Trinajstić information content (AvgIpc) is 2.84. The molecule has 0 unspecified atom stereocenters. The molecule has 1 aromatic heterocycles. The number of aliphatic carboxylic acids is 1. The Morgan fingerprint density at radius 3 is 2.50 bits per heavy atom. The molecule has 1 heterocycles. The van der Waals surface area contributed by atoms with Crippen molar-refractivity contribution in [2.24, 2.45) is 0 Å². The van der Waals surface area contributed by atoms with Gasteiger partial charge in [0.25, 0.3) is 0 Å². The van der Waals surface area contributed by atoms with E-state index in [1.165, 1.54) is 19.2 Å². The summed E-state index contributed by atoms with van der Waals surface area (Å²) in [6, 6.07) is 3.19. The van der Waals surface area contributed by atoms with Crippen molar-refractivity contribution in [1.82, 2.24) is 14.9 Å². The zero-order valence-corrected chi connectivity index (χ0v) is 14.6. The molecule has 1 atom stereocenters. The number of carboxylic acids is 1. The van der Waals surface area contributed by atoms with Gasteiger partial charge in [0.15, 0.2) is 0 Å². The lowest BCUT2D eigenvalue weighted by Gasteiger charge is -2.17. The fourth-order valence-electron chi connectivity index (χ4n) is 2.43. The summed E-state index contributed by atoms with van der Waals surface area (Å²) in [5, 5.41) is 16.1. The molecule has 2 rings (SSSR count). The van der Waals surface area contributed by atoms with Crippen LogP contribution < -0.4 is 9.46 Å². The third-order valence-electron chi connectivity index (χ3n) is 3.60. The first-order valence-electron chi connectivity index (χ1n) is 7.08. The third kappa shape index (κ3) is 3.41. The van der Waals surface area contributed by atoms with E-state index in [2.05, 4.69) is 14.9 Å². The van der Waals surface area contributed by atoms with Crippen LogP contribution in [0.3, 0.4) is 0 Å². The van der Waals surface area contributed by atoms with Crippen LogP contribution in [0.25, 0.3) is 0 Å². The molecule has 24 heavy (non-hydrogen) atoms. The predicted octanol–water partition coefficient (Wildman–Crippen LogP) is 1.45. The molecule has 1 aromatic carbocycles. The van der Waals surface area contributed by atoms with E-state index in [1.54, 1.807) is 26.8 Å². The first-order valence-corrected chi connectivity index (χ1v) is 8.57. The first kappa shape index (κ1) is 18.0. The van der Waals surface area contributed by atoms with Crippen molar-refractivity contribution in [3.8, 4) is 5.75 Å². The van der Waals surface area contributed by atoms with Crippen LogP contribution >= 0.6 is 0 Å². The van der Waals surface area contributed by atoms with Gasteiger partial charge in [-0.3, -0.25) is 9.89 Å². The van der Waals surface area contributed by atoms with E-state index in [9.17, 15) is 18.3 Å². The summed E-state index contributed by atoms with van der Waals surface area (Å²) in [6.45, 7) is 4.97. The van der Waals surface area contributed by atoms with E-state index < -0.39 is 22.0 Å². The molecular formula is C15H19N3O5S. The van der Waals surface area contributed by atoms with E-state index in [4.69, 9.17) is 4.74 Å². The maximum atomic E-state index is 12.7. The van der Waals surface area contributed by atoms with Gasteiger partial charge < -0.3 is 9.84 Å². The van der Waals surface area contributed by atoms with Crippen molar-refractivity contribution in [2.45, 2.75) is 31.7 Å². The Morgan fingerprint density at radius 2 is 2.00 bits per heavy atom. The highest BCUT2D eigenvalue weighted by Gasteiger charge is 2.32. The van der Waals surface area contributed by atoms with Crippen LogP contribution in [0.2, 0.25) is 0 Å². The molecule has 0 aliphatic rings. The molecule has 2 aromatic rings. The summed E-state index contributed by atoms with van der Waals surface area (Å²) in [5.74, 6) is -1.18. The molecule has 0 aliphatic heterocycles. The first-order chi connectivity index (χ1) is 11.2. The van der Waals surface area contributed by atoms with Gasteiger partial charge in [0, 0.05) is 11.3 Å². The van der Waals surface area contributed by atoms with Crippen LogP contribution in [0.15, 0.2) is 23.1 Å². The Labute approximate surface area is 139 Å². The van der Waals surface area contributed by atoms with Gasteiger partial charge in [-0.05, 0) is 38.5 Å². The fourth-order valence-corrected chi connectivity index (χ4v) is 3.84. The summed E-state index contributed by atoms with van der Waals surface area (Å²) in [7, 11) is -2.78. The molecule has 130 valence electrons. The zero-order chi connectivity index (χ0) is 18.1. The molecule has 0 aliphatic carbocycles. The van der Waals surface area contributed by atoms with Crippen LogP contribution in [0.4, 0.5) is 0 Å². The number of H-pyrrole nitrogens is 1. The second-order valence-electron chi connectivity index (χ2n) is 5.39. The fraction of sp³-hybridized carbons (Fsp3) is 0.333. The normalized spacial score (nSPS) is 12.8. The highest BCUT2D eigenvalue weighted by molar-refractivity contribution is 7.89. The highest BCUT2D eigenvalue weighted by Crippen LogP contribution is 2.28. The molecule has 0 radical (unpaired) electrons. The van der Waals surface area contributed by atoms with Gasteiger partial charge in [-0.1, -0.05) is 6.07 Å². The van der Waals surface area contributed by atoms with E-state index in [1.807, 2.05) is 0 Å². The molecule has 0 saturated heterocycles. The number of carboxylic acid groups (broad SMARTS) is 1. The van der Waals surface area contributed by atoms with Crippen molar-refractivity contribution >= 4 is 16.0 Å². The minimum Gasteiger partial charge on any atom is -0.495 e. The molecule has 0 spiro atoms. The van der Waals surface area contributed by atoms with Gasteiger partial charge in [0.1, 0.15) is 16.7 Å². The van der Waals surface area contributed by atoms with Gasteiger partial charge in [-0.25, -0.2) is 8.42 Å². The van der Waals surface area contributed by atoms with E-state index in [0.29, 0.717) is 17.0 Å². The number of rotatable bonds is 6. The van der Waals surface area contributed by atoms with Crippen molar-refractivity contribution in [3.05, 3.63) is 40.7 Å². The second kappa shape index (κ2) is 6.62. The topological polar surface area (TPSA) is 121 Å². The Hall–Kier alpha value is -2.39. The zero-order valence-electron chi connectivity index (χ0n) is 13.7. The maximum Gasteiger partial charge on any atom is 0.326 e. The van der Waals surface area contributed by atoms with Crippen molar-refractivity contribution in [3.63, 3.8) is 0 Å². The number of hydrogen-bond donors (Lipinski definition) is 3. The molecule has 0 fully saturated rings. The number of aryl methyl sites for hydroxylation is 3. The van der Waals surface area contributed by atoms with E-state index in [0.717, 1.165) is 0 Å². The molecule has 8 nitrogen and oxygen atoms in total. The molecule has 0 amide bonds. The molecule has 0 bridgehead atoms. The van der Waals surface area contributed by atoms with Gasteiger partial charge in [0.05, 0.1) is 12.8 Å². The summed E-state index contributed by atoms with van der Waals surface area (Å²) in [4.78, 5) is 11.5. The van der Waals surface area contributed by atoms with Crippen LogP contribution in [0, 0.1) is 20.8 Å². The number of ether oxygens (including phenoxy) is 1. The van der Waals surface area contributed by atoms with Gasteiger partial charge >= 0.3 is 5.97 Å². The van der Waals surface area contributed by atoms with Gasteiger partial charge in [-0.15, -0.1) is 0 Å². The monoisotopic (exact) mass is 353 g/mol. The number of hydrogen-bond acceptors (Lipinski definition) is 5. The number of carbonyl (C=O) groups is 1. The predicted molar refractivity (Wildman–Crippen MR) is 86.5 cm³/mol. The SMILES string of the molecule is COc1ccc(C)cc1S(=O)(=O)N[C@@H](C(=O)O)c1c(C)n[nH]c1C. The maximum absolute atomic E-state index is 12.7. The lowest BCUT2D eigenvalue weighted by atomic mass is 10.1. The number of benzene rings is 1. The molecule has 0 saturated carbocycles. The second-order valence-corrected chi connectivity index (χ2v) is 7.08. The number of methoxy groups -OCH3 is 1. The lowest BCUT2D eigenvalue weighted by Crippen LogP contribution is -2.34. The molecular weight excluding hydrogens is 334 g/mol. The smallest absolute Gasteiger partial charge is 0.326 e. The van der Waals surface area contributed by atoms with Crippen molar-refractivity contribution in [1.29, 1.82) is 0 Å². The minimum atomic E-state index is -4.13. The summed E-state index contributed by atoms with van der Waals surface area (Å²) >= 11 is 0. The van der Waals surface area contributed by atoms with Crippen LogP contribution in [0.1, 0.15) is 28.6 Å². The summed E-state index contributed by atoms with van der Waals surface area (Å²) < 4.78 is 32.7. The Kier molecular flexibility index (Phi) is 4.95. The molecule has 9 heteroatoms. The van der Waals surface area contributed by atoms with Gasteiger partial charge in [-0.2, -0.15) is 9.82 Å². The Bertz CT molecular complexity index is 854. The highest BCUT2D eigenvalue weighted by atomic mass is 32.2. The van der Waals surface area contributed by atoms with E-state index >= 15 is 0 Å². The van der Waals surface area contributed by atoms with Crippen LogP contribution in [-0.2, 0) is 14.8 Å². The standard InChI is InChI=1S/C15H19N3O5S/c1-8-5-6-11(23-4)12(7-8)24(21,22)18-14(15(19)20)13-9(2)16-17-10(13)3/h5-7,14,18H,1-4H3,(H,16,17)(H,19,20)/t14-/m1/s1. The summed E-state index contributed by atoms with van der Waals surface area (Å²) in [6.07, 6.45) is 0. The third-order valence-corrected chi connectivity index (χ3v) is 5.05. The lowest BCUT2D eigenvalue weighted by molar-refractivity contribution is -0.139.